The van der Waals surface area contributed by atoms with Crippen molar-refractivity contribution in [1.29, 1.82) is 0 Å². The molecule has 0 fully saturated rings. The molecule has 21 heavy (non-hydrogen) atoms. The summed E-state index contributed by atoms with van der Waals surface area (Å²) >= 11 is 0. The third-order valence-electron chi connectivity index (χ3n) is 2.71. The van der Waals surface area contributed by atoms with Gasteiger partial charge >= 0.3 is 0 Å². The molecular formula is C13H21N3O4S. The second-order valence-corrected chi connectivity index (χ2v) is 6.31. The van der Waals surface area contributed by atoms with Crippen molar-refractivity contribution in [3.05, 3.63) is 29.8 Å². The zero-order valence-corrected chi connectivity index (χ0v) is 12.9. The van der Waals surface area contributed by atoms with Gasteiger partial charge in [0.05, 0.1) is 17.5 Å². The summed E-state index contributed by atoms with van der Waals surface area (Å²) in [6.07, 6.45) is 0. The van der Waals surface area contributed by atoms with Crippen molar-refractivity contribution in [2.24, 2.45) is 5.73 Å². The smallest absolute Gasteiger partial charge is 0.240 e. The van der Waals surface area contributed by atoms with Crippen LogP contribution < -0.4 is 15.8 Å². The topological polar surface area (TPSA) is 111 Å². The molecule has 1 aromatic rings. The lowest BCUT2D eigenvalue weighted by molar-refractivity contribution is -0.122. The minimum Gasteiger partial charge on any atom is -0.383 e. The molecule has 0 saturated heterocycles. The average Bonchev–Trinajstić information content (AvgIpc) is 2.45. The molecule has 4 N–H and O–H groups in total. The molecule has 8 heteroatoms. The Morgan fingerprint density at radius 2 is 1.95 bits per heavy atom. The first-order valence-corrected chi connectivity index (χ1v) is 7.96. The molecule has 0 spiro atoms. The van der Waals surface area contributed by atoms with Gasteiger partial charge < -0.3 is 15.8 Å². The Bertz CT molecular complexity index is 555. The molecule has 0 aliphatic carbocycles. The number of hydrogen-bond acceptors (Lipinski definition) is 5. The first kappa shape index (κ1) is 17.6. The lowest BCUT2D eigenvalue weighted by Crippen LogP contribution is -2.37. The Morgan fingerprint density at radius 1 is 1.33 bits per heavy atom. The van der Waals surface area contributed by atoms with Crippen molar-refractivity contribution < 1.29 is 17.9 Å². The van der Waals surface area contributed by atoms with Gasteiger partial charge in [0.15, 0.2) is 0 Å². The van der Waals surface area contributed by atoms with Crippen molar-refractivity contribution in [2.75, 3.05) is 20.3 Å². The van der Waals surface area contributed by atoms with E-state index >= 15 is 0 Å². The fraction of sp³-hybridized carbons (Fsp3) is 0.462. The summed E-state index contributed by atoms with van der Waals surface area (Å²) in [5.74, 6) is -0.257. The number of hydrogen-bond donors (Lipinski definition) is 3. The van der Waals surface area contributed by atoms with Gasteiger partial charge in [0.1, 0.15) is 0 Å². The summed E-state index contributed by atoms with van der Waals surface area (Å²) in [5.41, 5.74) is 6.22. The third-order valence-corrected chi connectivity index (χ3v) is 4.19. The van der Waals surface area contributed by atoms with E-state index in [9.17, 15) is 13.2 Å². The molecule has 1 aromatic carbocycles. The zero-order chi connectivity index (χ0) is 15.9. The largest absolute Gasteiger partial charge is 0.383 e. The van der Waals surface area contributed by atoms with Crippen molar-refractivity contribution in [2.45, 2.75) is 24.4 Å². The minimum atomic E-state index is -3.53. The summed E-state index contributed by atoms with van der Waals surface area (Å²) in [7, 11) is -2.03. The molecule has 0 unspecified atom stereocenters. The van der Waals surface area contributed by atoms with Crippen LogP contribution in [0.4, 0.5) is 0 Å². The number of methoxy groups -OCH3 is 1. The van der Waals surface area contributed by atoms with Gasteiger partial charge in [0.2, 0.25) is 15.9 Å². The normalized spacial score (nSPS) is 12.9. The number of nitrogens with one attached hydrogen (secondary N) is 2. The van der Waals surface area contributed by atoms with E-state index in [-0.39, 0.29) is 17.3 Å². The molecule has 118 valence electrons. The van der Waals surface area contributed by atoms with Gasteiger partial charge in [-0.1, -0.05) is 12.1 Å². The Labute approximate surface area is 124 Å². The zero-order valence-electron chi connectivity index (χ0n) is 12.1. The van der Waals surface area contributed by atoms with Crippen LogP contribution in [0.1, 0.15) is 12.5 Å². The molecule has 0 heterocycles. The maximum Gasteiger partial charge on any atom is 0.240 e. The molecule has 0 saturated carbocycles. The maximum atomic E-state index is 11.9. The number of ether oxygens (including phenoxy) is 1. The summed E-state index contributed by atoms with van der Waals surface area (Å²) < 4.78 is 31.1. The fourth-order valence-corrected chi connectivity index (χ4v) is 2.51. The van der Waals surface area contributed by atoms with Crippen LogP contribution in [0, 0.1) is 0 Å². The van der Waals surface area contributed by atoms with Gasteiger partial charge in [-0.25, -0.2) is 13.1 Å². The highest BCUT2D eigenvalue weighted by Gasteiger charge is 2.13. The van der Waals surface area contributed by atoms with E-state index in [0.717, 1.165) is 5.56 Å². The summed E-state index contributed by atoms with van der Waals surface area (Å²) in [5, 5.41) is 2.65. The van der Waals surface area contributed by atoms with Crippen LogP contribution in [0.2, 0.25) is 0 Å². The average molecular weight is 315 g/mol. The lowest BCUT2D eigenvalue weighted by Gasteiger charge is -2.09. The number of amides is 1. The second-order valence-electron chi connectivity index (χ2n) is 4.54. The van der Waals surface area contributed by atoms with Crippen LogP contribution >= 0.6 is 0 Å². The van der Waals surface area contributed by atoms with E-state index in [2.05, 4.69) is 10.0 Å². The van der Waals surface area contributed by atoms with Crippen LogP contribution in [-0.4, -0.2) is 40.6 Å². The molecule has 0 radical (unpaired) electrons. The fourth-order valence-electron chi connectivity index (χ4n) is 1.50. The van der Waals surface area contributed by atoms with Gasteiger partial charge in [-0.2, -0.15) is 0 Å². The van der Waals surface area contributed by atoms with Crippen LogP contribution in [-0.2, 0) is 26.1 Å². The van der Waals surface area contributed by atoms with Crippen LogP contribution in [0.25, 0.3) is 0 Å². The van der Waals surface area contributed by atoms with E-state index in [1.54, 1.807) is 19.1 Å². The van der Waals surface area contributed by atoms with Gasteiger partial charge in [-0.05, 0) is 24.6 Å². The highest BCUT2D eigenvalue weighted by molar-refractivity contribution is 7.89. The standard InChI is InChI=1S/C13H21N3O4S/c1-10(14)13(17)15-9-11-3-5-12(6-4-11)21(18,19)16-7-8-20-2/h3-6,10,16H,7-9,14H2,1-2H3,(H,15,17)/t10-/m0/s1. The molecule has 1 atom stereocenters. The Hall–Kier alpha value is -1.48. The van der Waals surface area contributed by atoms with Gasteiger partial charge in [0, 0.05) is 20.2 Å². The van der Waals surface area contributed by atoms with Crippen molar-refractivity contribution in [3.63, 3.8) is 0 Å². The molecular weight excluding hydrogens is 294 g/mol. The van der Waals surface area contributed by atoms with E-state index in [4.69, 9.17) is 10.5 Å². The minimum absolute atomic E-state index is 0.167. The van der Waals surface area contributed by atoms with E-state index in [1.165, 1.54) is 19.2 Å². The predicted octanol–water partition coefficient (Wildman–Crippen LogP) is -0.425. The Balaban J connectivity index is 2.63. The van der Waals surface area contributed by atoms with E-state index in [0.29, 0.717) is 13.2 Å². The predicted molar refractivity (Wildman–Crippen MR) is 79.0 cm³/mol. The van der Waals surface area contributed by atoms with Crippen molar-refractivity contribution in [1.82, 2.24) is 10.0 Å². The second kappa shape index (κ2) is 8.08. The van der Waals surface area contributed by atoms with Gasteiger partial charge in [-0.15, -0.1) is 0 Å². The first-order valence-electron chi connectivity index (χ1n) is 6.47. The summed E-state index contributed by atoms with van der Waals surface area (Å²) in [6.45, 7) is 2.42. The number of carbonyl (C=O) groups excluding carboxylic acids is 1. The number of carbonyl (C=O) groups is 1. The first-order chi connectivity index (χ1) is 9.86. The summed E-state index contributed by atoms with van der Waals surface area (Å²) in [4.78, 5) is 11.5. The van der Waals surface area contributed by atoms with E-state index < -0.39 is 16.1 Å². The Kier molecular flexibility index (Phi) is 6.76. The number of nitrogens with two attached hydrogens (primary N) is 1. The van der Waals surface area contributed by atoms with Crippen molar-refractivity contribution >= 4 is 15.9 Å². The highest BCUT2D eigenvalue weighted by Crippen LogP contribution is 2.10. The van der Waals surface area contributed by atoms with Gasteiger partial charge in [-0.3, -0.25) is 4.79 Å². The molecule has 0 bridgehead atoms. The van der Waals surface area contributed by atoms with Crippen LogP contribution in [0.5, 0.6) is 0 Å². The lowest BCUT2D eigenvalue weighted by atomic mass is 10.2. The van der Waals surface area contributed by atoms with E-state index in [1.807, 2.05) is 0 Å². The SMILES string of the molecule is COCCNS(=O)(=O)c1ccc(CNC(=O)[C@H](C)N)cc1. The Morgan fingerprint density at radius 3 is 2.48 bits per heavy atom. The molecule has 0 aliphatic heterocycles. The van der Waals surface area contributed by atoms with Crippen LogP contribution in [0.15, 0.2) is 29.2 Å². The molecule has 0 aliphatic rings. The molecule has 7 nitrogen and oxygen atoms in total. The molecule has 1 rings (SSSR count). The highest BCUT2D eigenvalue weighted by atomic mass is 32.2. The molecule has 0 aromatic heterocycles. The maximum absolute atomic E-state index is 11.9. The molecule has 1 amide bonds. The van der Waals surface area contributed by atoms with Crippen LogP contribution in [0.3, 0.4) is 0 Å². The number of benzene rings is 1. The number of rotatable bonds is 8. The van der Waals surface area contributed by atoms with Gasteiger partial charge in [0.25, 0.3) is 0 Å². The quantitative estimate of drug-likeness (QED) is 0.564. The monoisotopic (exact) mass is 315 g/mol. The van der Waals surface area contributed by atoms with Crippen molar-refractivity contribution in [3.8, 4) is 0 Å². The number of sulfonamides is 1. The summed E-state index contributed by atoms with van der Waals surface area (Å²) in [6, 6.07) is 5.69. The third kappa shape index (κ3) is 5.80.